The number of fused-ring (bicyclic) bond motifs is 1. The number of imide groups is 1. The topological polar surface area (TPSA) is 75.7 Å². The molecule has 6 heteroatoms. The summed E-state index contributed by atoms with van der Waals surface area (Å²) in [6, 6.07) is 7.39. The Morgan fingerprint density at radius 1 is 1.20 bits per heavy atom. The number of methoxy groups -OCH3 is 1. The highest BCUT2D eigenvalue weighted by Gasteiger charge is 2.46. The lowest BCUT2D eigenvalue weighted by atomic mass is 9.85. The smallest absolute Gasteiger partial charge is 0.233 e. The molecule has 0 radical (unpaired) electrons. The van der Waals surface area contributed by atoms with Crippen LogP contribution in [0.3, 0.4) is 0 Å². The number of nitrogens with zero attached hydrogens (tertiary/aromatic N) is 1. The fraction of sp³-hybridized carbons (Fsp3) is 0.421. The van der Waals surface area contributed by atoms with E-state index in [1.165, 1.54) is 4.90 Å². The number of rotatable bonds is 6. The molecule has 0 bridgehead atoms. The highest BCUT2D eigenvalue weighted by molar-refractivity contribution is 6.05. The summed E-state index contributed by atoms with van der Waals surface area (Å²) in [5, 5.41) is 2.80. The molecule has 2 atom stereocenters. The molecule has 1 N–H and O–H groups in total. The van der Waals surface area contributed by atoms with E-state index in [4.69, 9.17) is 4.74 Å². The first-order valence-corrected chi connectivity index (χ1v) is 8.48. The van der Waals surface area contributed by atoms with Crippen LogP contribution in [0, 0.1) is 11.8 Å². The predicted octanol–water partition coefficient (Wildman–Crippen LogP) is 2.11. The zero-order valence-corrected chi connectivity index (χ0v) is 14.2. The number of carbonyl (C=O) groups excluding carboxylic acids is 3. The summed E-state index contributed by atoms with van der Waals surface area (Å²) in [5.41, 5.74) is 1.64. The summed E-state index contributed by atoms with van der Waals surface area (Å²) in [7, 11) is 1.61. The summed E-state index contributed by atoms with van der Waals surface area (Å²) in [6.45, 7) is 0.603. The maximum Gasteiger partial charge on any atom is 0.233 e. The van der Waals surface area contributed by atoms with Gasteiger partial charge in [0.05, 0.1) is 18.4 Å². The molecule has 1 aromatic carbocycles. The average Bonchev–Trinajstić information content (AvgIpc) is 2.85. The Bertz CT molecular complexity index is 687. The Balaban J connectivity index is 1.55. The van der Waals surface area contributed by atoms with Crippen LogP contribution in [0.4, 0.5) is 5.69 Å². The Kier molecular flexibility index (Phi) is 5.28. The van der Waals surface area contributed by atoms with Crippen molar-refractivity contribution in [2.45, 2.75) is 25.9 Å². The van der Waals surface area contributed by atoms with Gasteiger partial charge in [-0.05, 0) is 30.5 Å². The molecule has 1 fully saturated rings. The number of nitrogens with one attached hydrogen (secondary N) is 1. The zero-order chi connectivity index (χ0) is 17.8. The summed E-state index contributed by atoms with van der Waals surface area (Å²) >= 11 is 0. The van der Waals surface area contributed by atoms with Crippen LogP contribution in [0.5, 0.6) is 0 Å². The normalized spacial score (nSPS) is 22.2. The van der Waals surface area contributed by atoms with Crippen molar-refractivity contribution in [1.82, 2.24) is 4.90 Å². The van der Waals surface area contributed by atoms with Crippen LogP contribution in [0.1, 0.15) is 24.8 Å². The molecule has 1 aliphatic carbocycles. The van der Waals surface area contributed by atoms with E-state index in [-0.39, 0.29) is 42.5 Å². The van der Waals surface area contributed by atoms with Crippen LogP contribution in [0.15, 0.2) is 36.4 Å². The molecular formula is C19H22N2O4. The van der Waals surface area contributed by atoms with E-state index in [0.717, 1.165) is 5.56 Å². The van der Waals surface area contributed by atoms with Gasteiger partial charge in [-0.3, -0.25) is 19.3 Å². The molecule has 0 saturated carbocycles. The average molecular weight is 342 g/mol. The van der Waals surface area contributed by atoms with Gasteiger partial charge in [0.2, 0.25) is 17.7 Å². The number of hydrogen-bond acceptors (Lipinski definition) is 4. The van der Waals surface area contributed by atoms with Gasteiger partial charge in [0.15, 0.2) is 0 Å². The third-order valence-electron chi connectivity index (χ3n) is 4.68. The van der Waals surface area contributed by atoms with Crippen molar-refractivity contribution in [3.63, 3.8) is 0 Å². The van der Waals surface area contributed by atoms with Gasteiger partial charge in [-0.15, -0.1) is 0 Å². The number of allylic oxidation sites excluding steroid dienone is 2. The van der Waals surface area contributed by atoms with Gasteiger partial charge in [0.25, 0.3) is 0 Å². The lowest BCUT2D eigenvalue weighted by molar-refractivity contribution is -0.140. The molecule has 0 aromatic heterocycles. The van der Waals surface area contributed by atoms with Crippen LogP contribution in [-0.4, -0.2) is 36.3 Å². The highest BCUT2D eigenvalue weighted by atomic mass is 16.5. The fourth-order valence-corrected chi connectivity index (χ4v) is 3.43. The Labute approximate surface area is 146 Å². The number of hydrogen-bond donors (Lipinski definition) is 1. The van der Waals surface area contributed by atoms with Gasteiger partial charge >= 0.3 is 0 Å². The molecule has 1 aliphatic heterocycles. The van der Waals surface area contributed by atoms with Crippen molar-refractivity contribution in [3.05, 3.63) is 42.0 Å². The monoisotopic (exact) mass is 342 g/mol. The van der Waals surface area contributed by atoms with Crippen molar-refractivity contribution in [2.24, 2.45) is 11.8 Å². The lowest BCUT2D eigenvalue weighted by Gasteiger charge is -2.14. The van der Waals surface area contributed by atoms with Crippen molar-refractivity contribution in [3.8, 4) is 0 Å². The van der Waals surface area contributed by atoms with E-state index in [1.807, 2.05) is 30.4 Å². The summed E-state index contributed by atoms with van der Waals surface area (Å²) in [6.07, 6.45) is 5.23. The Hall–Kier alpha value is -2.47. The van der Waals surface area contributed by atoms with Crippen LogP contribution in [-0.2, 0) is 25.7 Å². The summed E-state index contributed by atoms with van der Waals surface area (Å²) < 4.78 is 5.07. The van der Waals surface area contributed by atoms with E-state index in [9.17, 15) is 14.4 Å². The van der Waals surface area contributed by atoms with Gasteiger partial charge in [-0.2, -0.15) is 0 Å². The largest absolute Gasteiger partial charge is 0.380 e. The molecule has 0 unspecified atom stereocenters. The van der Waals surface area contributed by atoms with Gasteiger partial charge in [0.1, 0.15) is 0 Å². The molecule has 1 saturated heterocycles. The third-order valence-corrected chi connectivity index (χ3v) is 4.68. The predicted molar refractivity (Wildman–Crippen MR) is 92.5 cm³/mol. The minimum absolute atomic E-state index is 0.0961. The quantitative estimate of drug-likeness (QED) is 0.635. The second-order valence-electron chi connectivity index (χ2n) is 6.42. The maximum atomic E-state index is 12.4. The molecule has 0 spiro atoms. The zero-order valence-electron chi connectivity index (χ0n) is 14.2. The number of amides is 3. The van der Waals surface area contributed by atoms with E-state index in [1.54, 1.807) is 13.2 Å². The van der Waals surface area contributed by atoms with Gasteiger partial charge in [0, 0.05) is 25.8 Å². The van der Waals surface area contributed by atoms with Gasteiger partial charge in [-0.1, -0.05) is 24.3 Å². The summed E-state index contributed by atoms with van der Waals surface area (Å²) in [4.78, 5) is 38.1. The van der Waals surface area contributed by atoms with Crippen molar-refractivity contribution >= 4 is 23.4 Å². The molecule has 3 rings (SSSR count). The molecule has 3 amide bonds. The SMILES string of the molecule is COCc1cccc(NC(=O)CCN2C(=O)[C@H]3CC=CC[C@H]3C2=O)c1. The number of likely N-dealkylation sites (tertiary alicyclic amines) is 1. The third kappa shape index (κ3) is 3.79. The maximum absolute atomic E-state index is 12.4. The standard InChI is InChI=1S/C19H22N2O4/c1-25-12-13-5-4-6-14(11-13)20-17(22)9-10-21-18(23)15-7-2-3-8-16(15)19(21)24/h2-6,11,15-16H,7-10,12H2,1H3,(H,20,22)/t15-,16+. The second-order valence-corrected chi connectivity index (χ2v) is 6.42. The van der Waals surface area contributed by atoms with Crippen LogP contribution >= 0.6 is 0 Å². The van der Waals surface area contributed by atoms with E-state index >= 15 is 0 Å². The minimum Gasteiger partial charge on any atom is -0.380 e. The molecule has 6 nitrogen and oxygen atoms in total. The number of ether oxygens (including phenoxy) is 1. The van der Waals surface area contributed by atoms with Gasteiger partial charge < -0.3 is 10.1 Å². The second kappa shape index (κ2) is 7.61. The Morgan fingerprint density at radius 3 is 2.52 bits per heavy atom. The number of anilines is 1. The summed E-state index contributed by atoms with van der Waals surface area (Å²) in [5.74, 6) is -0.996. The van der Waals surface area contributed by atoms with E-state index in [0.29, 0.717) is 25.1 Å². The first-order chi connectivity index (χ1) is 12.1. The van der Waals surface area contributed by atoms with Crippen LogP contribution in [0.2, 0.25) is 0 Å². The van der Waals surface area contributed by atoms with Crippen molar-refractivity contribution in [1.29, 1.82) is 0 Å². The van der Waals surface area contributed by atoms with Crippen LogP contribution < -0.4 is 5.32 Å². The molecular weight excluding hydrogens is 320 g/mol. The highest BCUT2D eigenvalue weighted by Crippen LogP contribution is 2.35. The molecule has 2 aliphatic rings. The molecule has 132 valence electrons. The van der Waals surface area contributed by atoms with Gasteiger partial charge in [-0.25, -0.2) is 0 Å². The van der Waals surface area contributed by atoms with Crippen molar-refractivity contribution in [2.75, 3.05) is 19.0 Å². The Morgan fingerprint density at radius 2 is 1.88 bits per heavy atom. The minimum atomic E-state index is -0.244. The fourth-order valence-electron chi connectivity index (χ4n) is 3.43. The number of benzene rings is 1. The first-order valence-electron chi connectivity index (χ1n) is 8.48. The van der Waals surface area contributed by atoms with Crippen molar-refractivity contribution < 1.29 is 19.1 Å². The van der Waals surface area contributed by atoms with Crippen LogP contribution in [0.25, 0.3) is 0 Å². The molecule has 1 aromatic rings. The van der Waals surface area contributed by atoms with E-state index in [2.05, 4.69) is 5.32 Å². The molecule has 25 heavy (non-hydrogen) atoms. The number of carbonyl (C=O) groups is 3. The lowest BCUT2D eigenvalue weighted by Crippen LogP contribution is -2.34. The molecule has 1 heterocycles. The first kappa shape index (κ1) is 17.4. The van der Waals surface area contributed by atoms with E-state index < -0.39 is 0 Å².